The Morgan fingerprint density at radius 2 is 1.90 bits per heavy atom. The van der Waals surface area contributed by atoms with Gasteiger partial charge in [-0.1, -0.05) is 6.92 Å². The largest absolute Gasteiger partial charge is 0.549 e. The zero-order valence-corrected chi connectivity index (χ0v) is 5.75. The van der Waals surface area contributed by atoms with Crippen molar-refractivity contribution in [3.8, 4) is 0 Å². The van der Waals surface area contributed by atoms with E-state index < -0.39 is 12.1 Å². The van der Waals surface area contributed by atoms with Crippen molar-refractivity contribution in [3.05, 3.63) is 0 Å². The van der Waals surface area contributed by atoms with Gasteiger partial charge in [-0.15, -0.1) is 0 Å². The van der Waals surface area contributed by atoms with E-state index in [0.717, 1.165) is 7.11 Å². The summed E-state index contributed by atoms with van der Waals surface area (Å²) in [5, 5.41) is 0. The van der Waals surface area contributed by atoms with Gasteiger partial charge in [-0.25, -0.2) is 14.6 Å². The molecule has 0 heterocycles. The Morgan fingerprint density at radius 1 is 1.30 bits per heavy atom. The van der Waals surface area contributed by atoms with Gasteiger partial charge in [0.05, 0.1) is 7.11 Å². The summed E-state index contributed by atoms with van der Waals surface area (Å²) in [5.41, 5.74) is 0. The third-order valence-corrected chi connectivity index (χ3v) is 0.658. The van der Waals surface area contributed by atoms with E-state index in [1.54, 1.807) is 6.92 Å². The SMILES string of the molecule is CCC(=O)OOC(=O)OC. The second-order valence-electron chi connectivity index (χ2n) is 1.35. The van der Waals surface area contributed by atoms with Crippen LogP contribution in [-0.4, -0.2) is 19.2 Å². The topological polar surface area (TPSA) is 61.8 Å². The standard InChI is InChI=1S/C5H8O5/c1-3-4(6)9-10-5(7)8-2/h3H2,1-2H3. The number of hydrogen-bond donors (Lipinski definition) is 0. The Hall–Kier alpha value is -1.26. The average Bonchev–Trinajstić information content (AvgIpc) is 1.99. The minimum absolute atomic E-state index is 0.150. The predicted molar refractivity (Wildman–Crippen MR) is 29.9 cm³/mol. The lowest BCUT2D eigenvalue weighted by Crippen LogP contribution is -2.09. The van der Waals surface area contributed by atoms with E-state index in [1.807, 2.05) is 0 Å². The molecule has 5 nitrogen and oxygen atoms in total. The molecule has 0 amide bonds. The monoisotopic (exact) mass is 148 g/mol. The highest BCUT2D eigenvalue weighted by molar-refractivity contribution is 5.69. The van der Waals surface area contributed by atoms with E-state index in [9.17, 15) is 9.59 Å². The third-order valence-electron chi connectivity index (χ3n) is 0.658. The molecule has 0 aliphatic carbocycles. The Morgan fingerprint density at radius 3 is 2.30 bits per heavy atom. The maximum atomic E-state index is 10.3. The van der Waals surface area contributed by atoms with E-state index in [1.165, 1.54) is 0 Å². The second kappa shape index (κ2) is 4.60. The Kier molecular flexibility index (Phi) is 4.02. The van der Waals surface area contributed by atoms with Gasteiger partial charge in [-0.3, -0.25) is 0 Å². The molecule has 0 aromatic heterocycles. The number of rotatable bonds is 1. The summed E-state index contributed by atoms with van der Waals surface area (Å²) in [6.45, 7) is 1.57. The number of ether oxygens (including phenoxy) is 1. The molecule has 0 rings (SSSR count). The van der Waals surface area contributed by atoms with Gasteiger partial charge >= 0.3 is 12.1 Å². The van der Waals surface area contributed by atoms with Crippen LogP contribution in [-0.2, 0) is 19.3 Å². The second-order valence-corrected chi connectivity index (χ2v) is 1.35. The summed E-state index contributed by atoms with van der Waals surface area (Å²) in [4.78, 5) is 28.2. The van der Waals surface area contributed by atoms with Crippen molar-refractivity contribution >= 4 is 12.1 Å². The normalized spacial score (nSPS) is 8.20. The first-order valence-corrected chi connectivity index (χ1v) is 2.66. The number of carbonyl (C=O) groups is 2. The molecule has 0 fully saturated rings. The van der Waals surface area contributed by atoms with Crippen LogP contribution >= 0.6 is 0 Å². The molecule has 0 radical (unpaired) electrons. The van der Waals surface area contributed by atoms with E-state index in [0.29, 0.717) is 0 Å². The Balaban J connectivity index is 3.35. The maximum Gasteiger partial charge on any atom is 0.549 e. The molecule has 5 heteroatoms. The van der Waals surface area contributed by atoms with Crippen molar-refractivity contribution in [2.45, 2.75) is 13.3 Å². The first kappa shape index (κ1) is 8.74. The lowest BCUT2D eigenvalue weighted by Gasteiger charge is -1.97. The van der Waals surface area contributed by atoms with Gasteiger partial charge in [0.15, 0.2) is 0 Å². The molecule has 0 saturated heterocycles. The molecule has 0 aromatic carbocycles. The van der Waals surface area contributed by atoms with Crippen molar-refractivity contribution < 1.29 is 24.1 Å². The molecule has 0 unspecified atom stereocenters. The quantitative estimate of drug-likeness (QED) is 0.310. The van der Waals surface area contributed by atoms with Gasteiger partial charge in [-0.05, 0) is 0 Å². The lowest BCUT2D eigenvalue weighted by molar-refractivity contribution is -0.241. The smallest absolute Gasteiger partial charge is 0.435 e. The molecule has 0 aliphatic rings. The van der Waals surface area contributed by atoms with Crippen LogP contribution in [0.1, 0.15) is 13.3 Å². The molecule has 0 spiro atoms. The van der Waals surface area contributed by atoms with E-state index in [4.69, 9.17) is 0 Å². The molecule has 10 heavy (non-hydrogen) atoms. The Labute approximate surface area is 57.8 Å². The van der Waals surface area contributed by atoms with Crippen LogP contribution in [0, 0.1) is 0 Å². The van der Waals surface area contributed by atoms with E-state index >= 15 is 0 Å². The van der Waals surface area contributed by atoms with Gasteiger partial charge in [0.2, 0.25) is 0 Å². The summed E-state index contributed by atoms with van der Waals surface area (Å²) in [7, 11) is 1.11. The Bertz CT molecular complexity index is 114. The highest BCUT2D eigenvalue weighted by Gasteiger charge is 2.05. The van der Waals surface area contributed by atoms with Gasteiger partial charge < -0.3 is 4.74 Å². The predicted octanol–water partition coefficient (Wildman–Crippen LogP) is 0.638. The van der Waals surface area contributed by atoms with Crippen LogP contribution in [0.2, 0.25) is 0 Å². The van der Waals surface area contributed by atoms with Crippen LogP contribution in [0.3, 0.4) is 0 Å². The fourth-order valence-corrected chi connectivity index (χ4v) is 0.173. The highest BCUT2D eigenvalue weighted by Crippen LogP contribution is 1.88. The zero-order valence-electron chi connectivity index (χ0n) is 5.75. The van der Waals surface area contributed by atoms with Crippen LogP contribution in [0.25, 0.3) is 0 Å². The summed E-state index contributed by atoms with van der Waals surface area (Å²) in [6, 6.07) is 0. The molecule has 0 atom stereocenters. The van der Waals surface area contributed by atoms with Crippen molar-refractivity contribution in [2.75, 3.05) is 7.11 Å². The highest BCUT2D eigenvalue weighted by atomic mass is 17.2. The van der Waals surface area contributed by atoms with E-state index in [-0.39, 0.29) is 6.42 Å². The third kappa shape index (κ3) is 3.71. The first-order chi connectivity index (χ1) is 4.70. The van der Waals surface area contributed by atoms with Crippen LogP contribution in [0.4, 0.5) is 4.79 Å². The molecular weight excluding hydrogens is 140 g/mol. The van der Waals surface area contributed by atoms with Crippen molar-refractivity contribution in [1.82, 2.24) is 0 Å². The van der Waals surface area contributed by atoms with Crippen molar-refractivity contribution in [3.63, 3.8) is 0 Å². The fraction of sp³-hybridized carbons (Fsp3) is 0.600. The van der Waals surface area contributed by atoms with Crippen LogP contribution in [0.5, 0.6) is 0 Å². The van der Waals surface area contributed by atoms with Crippen molar-refractivity contribution in [1.29, 1.82) is 0 Å². The van der Waals surface area contributed by atoms with Gasteiger partial charge in [0.1, 0.15) is 0 Å². The summed E-state index contributed by atoms with van der Waals surface area (Å²) < 4.78 is 4.01. The van der Waals surface area contributed by atoms with Crippen LogP contribution in [0.15, 0.2) is 0 Å². The fourth-order valence-electron chi connectivity index (χ4n) is 0.173. The summed E-state index contributed by atoms with van der Waals surface area (Å²) in [6.07, 6.45) is -0.890. The van der Waals surface area contributed by atoms with Gasteiger partial charge in [-0.2, -0.15) is 4.79 Å². The molecule has 0 saturated carbocycles. The number of carbonyl (C=O) groups excluding carboxylic acids is 2. The average molecular weight is 148 g/mol. The minimum atomic E-state index is -1.04. The molecular formula is C5H8O5. The van der Waals surface area contributed by atoms with Gasteiger partial charge in [0.25, 0.3) is 0 Å². The molecule has 0 N–H and O–H groups in total. The summed E-state index contributed by atoms with van der Waals surface area (Å²) in [5.74, 6) is -0.620. The van der Waals surface area contributed by atoms with Crippen LogP contribution < -0.4 is 0 Å². The summed E-state index contributed by atoms with van der Waals surface area (Å²) >= 11 is 0. The lowest BCUT2D eigenvalue weighted by atomic mass is 10.5. The van der Waals surface area contributed by atoms with Crippen molar-refractivity contribution in [2.24, 2.45) is 0 Å². The number of methoxy groups -OCH3 is 1. The minimum Gasteiger partial charge on any atom is -0.435 e. The molecule has 58 valence electrons. The zero-order chi connectivity index (χ0) is 7.98. The molecule has 0 aliphatic heterocycles. The van der Waals surface area contributed by atoms with E-state index in [2.05, 4.69) is 14.5 Å². The number of hydrogen-bond acceptors (Lipinski definition) is 5. The maximum absolute atomic E-state index is 10.3. The molecule has 0 bridgehead atoms. The first-order valence-electron chi connectivity index (χ1n) is 2.66. The molecule has 0 aromatic rings. The van der Waals surface area contributed by atoms with Gasteiger partial charge in [0, 0.05) is 6.42 Å².